The Morgan fingerprint density at radius 2 is 0.679 bits per heavy atom. The monoisotopic (exact) mass is 711 g/mol. The van der Waals surface area contributed by atoms with Gasteiger partial charge in [0, 0.05) is 48.4 Å². The molecule has 0 fully saturated rings. The Morgan fingerprint density at radius 3 is 1.21 bits per heavy atom. The number of hydrogen-bond donors (Lipinski definition) is 0. The number of hydrogen-bond acceptors (Lipinski definition) is 3. The fourth-order valence-electron chi connectivity index (χ4n) is 7.46. The maximum atomic E-state index is 2.36. The van der Waals surface area contributed by atoms with Crippen molar-refractivity contribution in [3.8, 4) is 44.5 Å². The summed E-state index contributed by atoms with van der Waals surface area (Å²) in [4.78, 5) is 2.36. The van der Waals surface area contributed by atoms with Crippen molar-refractivity contribution >= 4 is 70.7 Å². The van der Waals surface area contributed by atoms with Crippen LogP contribution >= 0.6 is 22.7 Å². The summed E-state index contributed by atoms with van der Waals surface area (Å²) in [5, 5.41) is 9.68. The van der Waals surface area contributed by atoms with Crippen LogP contribution in [0.25, 0.3) is 75.5 Å². The molecule has 10 rings (SSSR count). The Hall–Kier alpha value is -6.26. The molecule has 0 atom stereocenters. The molecule has 0 saturated heterocycles. The first kappa shape index (κ1) is 31.5. The Labute approximate surface area is 317 Å². The lowest BCUT2D eigenvalue weighted by Crippen LogP contribution is -2.09. The molecule has 3 heteroatoms. The molecule has 0 aliphatic heterocycles. The summed E-state index contributed by atoms with van der Waals surface area (Å²) in [6, 6.07) is 68.5. The molecule has 2 aromatic heterocycles. The standard InChI is InChI=1S/C50H33NS2/c1-2-8-40-31-41(18-15-34(40)7-1)37-21-27-43(28-22-37)51(44-29-23-39(24-30-44)48-33-53-50-12-6-4-10-46(48)50)42-25-19-36(20-26-42)35-13-16-38(17-14-35)47-32-52-49-11-5-3-9-45(47)49/h1-33H. The third-order valence-electron chi connectivity index (χ3n) is 10.3. The first-order chi connectivity index (χ1) is 26.2. The highest BCUT2D eigenvalue weighted by molar-refractivity contribution is 7.18. The van der Waals surface area contributed by atoms with Gasteiger partial charge in [0.1, 0.15) is 0 Å². The average Bonchev–Trinajstić information content (AvgIpc) is 3.87. The molecule has 0 spiro atoms. The molecule has 53 heavy (non-hydrogen) atoms. The van der Waals surface area contributed by atoms with Crippen molar-refractivity contribution in [1.29, 1.82) is 0 Å². The predicted molar refractivity (Wildman–Crippen MR) is 231 cm³/mol. The van der Waals surface area contributed by atoms with Crippen molar-refractivity contribution in [3.05, 3.63) is 199 Å². The molecule has 10 aromatic rings. The van der Waals surface area contributed by atoms with E-state index in [4.69, 9.17) is 0 Å². The van der Waals surface area contributed by atoms with Gasteiger partial charge in [0.15, 0.2) is 0 Å². The average molecular weight is 712 g/mol. The van der Waals surface area contributed by atoms with Crippen LogP contribution in [0.1, 0.15) is 0 Å². The molecule has 2 heterocycles. The first-order valence-corrected chi connectivity index (χ1v) is 19.6. The van der Waals surface area contributed by atoms with Crippen LogP contribution < -0.4 is 4.90 Å². The van der Waals surface area contributed by atoms with E-state index >= 15 is 0 Å². The smallest absolute Gasteiger partial charge is 0.0462 e. The highest BCUT2D eigenvalue weighted by atomic mass is 32.1. The van der Waals surface area contributed by atoms with Crippen molar-refractivity contribution in [1.82, 2.24) is 0 Å². The highest BCUT2D eigenvalue weighted by Gasteiger charge is 2.15. The molecule has 0 N–H and O–H groups in total. The van der Waals surface area contributed by atoms with Crippen LogP contribution in [0.3, 0.4) is 0 Å². The van der Waals surface area contributed by atoms with E-state index in [9.17, 15) is 0 Å². The van der Waals surface area contributed by atoms with Crippen LogP contribution in [0.4, 0.5) is 17.1 Å². The van der Waals surface area contributed by atoms with Gasteiger partial charge in [-0.2, -0.15) is 0 Å². The molecule has 0 saturated carbocycles. The van der Waals surface area contributed by atoms with E-state index in [-0.39, 0.29) is 0 Å². The minimum absolute atomic E-state index is 1.11. The molecule has 1 nitrogen and oxygen atoms in total. The van der Waals surface area contributed by atoms with E-state index in [2.05, 4.69) is 204 Å². The summed E-state index contributed by atoms with van der Waals surface area (Å²) in [7, 11) is 0. The number of rotatable bonds is 7. The summed E-state index contributed by atoms with van der Waals surface area (Å²) in [6.45, 7) is 0. The van der Waals surface area contributed by atoms with Gasteiger partial charge in [-0.1, -0.05) is 133 Å². The SMILES string of the molecule is c1ccc2cc(-c3ccc(N(c4ccc(-c5ccc(-c6csc7ccccc67)cc5)cc4)c4ccc(-c5csc6ccccc56)cc4)cc3)ccc2c1. The summed E-state index contributed by atoms with van der Waals surface area (Å²) >= 11 is 3.61. The van der Waals surface area contributed by atoms with Gasteiger partial charge in [-0.25, -0.2) is 0 Å². The van der Waals surface area contributed by atoms with E-state index in [1.54, 1.807) is 22.7 Å². The van der Waals surface area contributed by atoms with Gasteiger partial charge < -0.3 is 4.90 Å². The zero-order valence-corrected chi connectivity index (χ0v) is 30.4. The topological polar surface area (TPSA) is 3.24 Å². The van der Waals surface area contributed by atoms with Gasteiger partial charge in [0.2, 0.25) is 0 Å². The minimum Gasteiger partial charge on any atom is -0.311 e. The zero-order chi connectivity index (χ0) is 35.1. The normalized spacial score (nSPS) is 11.4. The fraction of sp³-hybridized carbons (Fsp3) is 0. The second kappa shape index (κ2) is 13.4. The van der Waals surface area contributed by atoms with Crippen molar-refractivity contribution in [2.24, 2.45) is 0 Å². The first-order valence-electron chi connectivity index (χ1n) is 17.9. The van der Waals surface area contributed by atoms with Gasteiger partial charge in [-0.05, 0) is 110 Å². The lowest BCUT2D eigenvalue weighted by Gasteiger charge is -2.26. The minimum atomic E-state index is 1.11. The highest BCUT2D eigenvalue weighted by Crippen LogP contribution is 2.40. The molecular formula is C50H33NS2. The van der Waals surface area contributed by atoms with Gasteiger partial charge in [0.25, 0.3) is 0 Å². The van der Waals surface area contributed by atoms with Crippen LogP contribution in [0.5, 0.6) is 0 Å². The Kier molecular flexibility index (Phi) is 7.94. The molecule has 8 aromatic carbocycles. The van der Waals surface area contributed by atoms with E-state index in [1.807, 2.05) is 0 Å². The molecular weight excluding hydrogens is 679 g/mol. The van der Waals surface area contributed by atoms with Crippen molar-refractivity contribution in [3.63, 3.8) is 0 Å². The van der Waals surface area contributed by atoms with E-state index in [1.165, 1.54) is 75.5 Å². The van der Waals surface area contributed by atoms with Crippen molar-refractivity contribution < 1.29 is 0 Å². The predicted octanol–water partition coefficient (Wildman–Crippen LogP) is 15.4. The second-order valence-electron chi connectivity index (χ2n) is 13.4. The maximum Gasteiger partial charge on any atom is 0.0462 e. The maximum absolute atomic E-state index is 2.36. The quantitative estimate of drug-likeness (QED) is 0.159. The molecule has 250 valence electrons. The van der Waals surface area contributed by atoms with E-state index in [0.717, 1.165) is 17.1 Å². The van der Waals surface area contributed by atoms with E-state index < -0.39 is 0 Å². The summed E-state index contributed by atoms with van der Waals surface area (Å²) in [5.41, 5.74) is 13.2. The third-order valence-corrected chi connectivity index (χ3v) is 12.2. The lowest BCUT2D eigenvalue weighted by atomic mass is 9.99. The molecule has 0 bridgehead atoms. The second-order valence-corrected chi connectivity index (χ2v) is 15.2. The van der Waals surface area contributed by atoms with Gasteiger partial charge in [-0.15, -0.1) is 22.7 Å². The lowest BCUT2D eigenvalue weighted by molar-refractivity contribution is 1.28. The zero-order valence-electron chi connectivity index (χ0n) is 28.8. The van der Waals surface area contributed by atoms with Gasteiger partial charge in [0.05, 0.1) is 0 Å². The van der Waals surface area contributed by atoms with E-state index in [0.29, 0.717) is 0 Å². The number of thiophene rings is 2. The van der Waals surface area contributed by atoms with Gasteiger partial charge >= 0.3 is 0 Å². The number of anilines is 3. The van der Waals surface area contributed by atoms with Gasteiger partial charge in [-0.3, -0.25) is 0 Å². The molecule has 0 aliphatic carbocycles. The van der Waals surface area contributed by atoms with Crippen LogP contribution in [-0.2, 0) is 0 Å². The Morgan fingerprint density at radius 1 is 0.302 bits per heavy atom. The molecule has 0 amide bonds. The Bertz CT molecular complexity index is 2860. The van der Waals surface area contributed by atoms with Crippen LogP contribution in [0.2, 0.25) is 0 Å². The van der Waals surface area contributed by atoms with Crippen molar-refractivity contribution in [2.75, 3.05) is 4.90 Å². The molecule has 0 unspecified atom stereocenters. The summed E-state index contributed by atoms with van der Waals surface area (Å²) < 4.78 is 2.64. The largest absolute Gasteiger partial charge is 0.311 e. The van der Waals surface area contributed by atoms with Crippen LogP contribution in [0.15, 0.2) is 199 Å². The van der Waals surface area contributed by atoms with Crippen molar-refractivity contribution in [2.45, 2.75) is 0 Å². The Balaban J connectivity index is 0.991. The third kappa shape index (κ3) is 5.90. The number of benzene rings is 8. The van der Waals surface area contributed by atoms with Crippen LogP contribution in [-0.4, -0.2) is 0 Å². The number of nitrogens with zero attached hydrogens (tertiary/aromatic N) is 1. The summed E-state index contributed by atoms with van der Waals surface area (Å²) in [6.07, 6.45) is 0. The summed E-state index contributed by atoms with van der Waals surface area (Å²) in [5.74, 6) is 0. The molecule has 0 radical (unpaired) electrons. The molecule has 0 aliphatic rings. The van der Waals surface area contributed by atoms with Crippen LogP contribution in [0, 0.1) is 0 Å². The number of fused-ring (bicyclic) bond motifs is 3. The fourth-order valence-corrected chi connectivity index (χ4v) is 9.40.